The predicted octanol–water partition coefficient (Wildman–Crippen LogP) is 4.30. The van der Waals surface area contributed by atoms with Gasteiger partial charge >= 0.3 is 6.18 Å². The fourth-order valence-corrected chi connectivity index (χ4v) is 4.32. The van der Waals surface area contributed by atoms with Gasteiger partial charge in [0.1, 0.15) is 17.7 Å². The minimum absolute atomic E-state index is 0.211. The Morgan fingerprint density at radius 3 is 2.34 bits per heavy atom. The third-order valence-corrected chi connectivity index (χ3v) is 5.85. The van der Waals surface area contributed by atoms with Crippen molar-refractivity contribution in [3.05, 3.63) is 82.6 Å². The first-order valence-electron chi connectivity index (χ1n) is 8.11. The van der Waals surface area contributed by atoms with E-state index in [-0.39, 0.29) is 10.8 Å². The van der Waals surface area contributed by atoms with Crippen molar-refractivity contribution in [2.75, 3.05) is 0 Å². The van der Waals surface area contributed by atoms with Crippen LogP contribution in [0.3, 0.4) is 0 Å². The average molecular weight is 448 g/mol. The molecule has 3 aromatic rings. The normalized spacial score (nSPS) is 13.4. The first-order valence-corrected chi connectivity index (χ1v) is 9.97. The molecule has 0 spiro atoms. The number of nitrogens with one attached hydrogen (secondary N) is 1. The number of aromatic nitrogens is 2. The maximum atomic E-state index is 13.4. The number of alkyl halides is 3. The van der Waals surface area contributed by atoms with E-state index >= 15 is 0 Å². The van der Waals surface area contributed by atoms with E-state index in [9.17, 15) is 26.0 Å². The van der Waals surface area contributed by atoms with Gasteiger partial charge in [-0.3, -0.25) is 0 Å². The number of imidazole rings is 1. The van der Waals surface area contributed by atoms with Crippen molar-refractivity contribution in [2.45, 2.75) is 17.1 Å². The SMILES string of the molecule is Cn1ccnc1C(NS(=O)(=O)c1ccc(Cl)cc1C(F)(F)F)c1ccc(F)cc1. The molecule has 2 aromatic carbocycles. The van der Waals surface area contributed by atoms with Gasteiger partial charge in [0.25, 0.3) is 0 Å². The summed E-state index contributed by atoms with van der Waals surface area (Å²) in [6.07, 6.45) is -1.99. The molecule has 1 atom stereocenters. The van der Waals surface area contributed by atoms with Crippen LogP contribution in [0.5, 0.6) is 0 Å². The number of halogens is 5. The molecule has 0 aliphatic carbocycles. The van der Waals surface area contributed by atoms with E-state index in [1.54, 1.807) is 13.2 Å². The second kappa shape index (κ2) is 7.77. The van der Waals surface area contributed by atoms with Gasteiger partial charge in [-0.15, -0.1) is 0 Å². The van der Waals surface area contributed by atoms with Crippen LogP contribution in [0, 0.1) is 5.82 Å². The number of nitrogens with zero attached hydrogens (tertiary/aromatic N) is 2. The largest absolute Gasteiger partial charge is 0.417 e. The van der Waals surface area contributed by atoms with E-state index in [1.807, 2.05) is 0 Å². The highest BCUT2D eigenvalue weighted by Crippen LogP contribution is 2.36. The van der Waals surface area contributed by atoms with Gasteiger partial charge in [0.2, 0.25) is 10.0 Å². The fraction of sp³-hybridized carbons (Fsp3) is 0.167. The molecule has 1 unspecified atom stereocenters. The second-order valence-corrected chi connectivity index (χ2v) is 8.26. The van der Waals surface area contributed by atoms with Crippen molar-refractivity contribution in [1.29, 1.82) is 0 Å². The molecule has 1 N–H and O–H groups in total. The Balaban J connectivity index is 2.11. The molecule has 0 radical (unpaired) electrons. The Bertz CT molecular complexity index is 1130. The maximum absolute atomic E-state index is 13.4. The van der Waals surface area contributed by atoms with Crippen LogP contribution in [0.1, 0.15) is 23.0 Å². The molecule has 0 aliphatic heterocycles. The van der Waals surface area contributed by atoms with Gasteiger partial charge in [-0.1, -0.05) is 23.7 Å². The molecule has 0 aliphatic rings. The Hall–Kier alpha value is -2.43. The quantitative estimate of drug-likeness (QED) is 0.593. The van der Waals surface area contributed by atoms with Crippen LogP contribution in [0.15, 0.2) is 59.8 Å². The number of rotatable bonds is 5. The van der Waals surface area contributed by atoms with Crippen LogP contribution < -0.4 is 4.72 Å². The Morgan fingerprint density at radius 2 is 1.79 bits per heavy atom. The fourth-order valence-electron chi connectivity index (χ4n) is 2.76. The molecule has 1 aromatic heterocycles. The van der Waals surface area contributed by atoms with Crippen LogP contribution in [-0.2, 0) is 23.2 Å². The van der Waals surface area contributed by atoms with Gasteiger partial charge in [-0.05, 0) is 35.9 Å². The van der Waals surface area contributed by atoms with E-state index < -0.39 is 38.5 Å². The van der Waals surface area contributed by atoms with Gasteiger partial charge in [-0.25, -0.2) is 17.8 Å². The average Bonchev–Trinajstić information content (AvgIpc) is 3.05. The van der Waals surface area contributed by atoms with Crippen molar-refractivity contribution < 1.29 is 26.0 Å². The summed E-state index contributed by atoms with van der Waals surface area (Å²) in [5.41, 5.74) is -1.10. The van der Waals surface area contributed by atoms with Crippen LogP contribution >= 0.6 is 11.6 Å². The van der Waals surface area contributed by atoms with E-state index in [1.165, 1.54) is 22.9 Å². The highest BCUT2D eigenvalue weighted by atomic mass is 35.5. The molecule has 0 amide bonds. The monoisotopic (exact) mass is 447 g/mol. The standard InChI is InChI=1S/C18H14ClF4N3O2S/c1-26-9-8-24-17(26)16(11-2-5-13(20)6-3-11)25-29(27,28)15-7-4-12(19)10-14(15)18(21,22)23/h2-10,16,25H,1H3. The molecular weight excluding hydrogens is 434 g/mol. The summed E-state index contributed by atoms with van der Waals surface area (Å²) in [5.74, 6) is -0.338. The Labute approximate surface area is 169 Å². The topological polar surface area (TPSA) is 64.0 Å². The summed E-state index contributed by atoms with van der Waals surface area (Å²) < 4.78 is 83.0. The zero-order valence-electron chi connectivity index (χ0n) is 14.8. The number of hydrogen-bond donors (Lipinski definition) is 1. The number of benzene rings is 2. The van der Waals surface area contributed by atoms with E-state index in [0.717, 1.165) is 24.3 Å². The van der Waals surface area contributed by atoms with Crippen LogP contribution in [0.2, 0.25) is 5.02 Å². The molecule has 0 saturated carbocycles. The van der Waals surface area contributed by atoms with Gasteiger partial charge in [-0.2, -0.15) is 17.9 Å². The molecule has 1 heterocycles. The van der Waals surface area contributed by atoms with Gasteiger partial charge in [0.15, 0.2) is 0 Å². The smallest absolute Gasteiger partial charge is 0.336 e. The lowest BCUT2D eigenvalue weighted by molar-refractivity contribution is -0.139. The third-order valence-electron chi connectivity index (χ3n) is 4.13. The lowest BCUT2D eigenvalue weighted by atomic mass is 10.1. The lowest BCUT2D eigenvalue weighted by Crippen LogP contribution is -2.32. The summed E-state index contributed by atoms with van der Waals surface area (Å²) in [6, 6.07) is 6.10. The highest BCUT2D eigenvalue weighted by molar-refractivity contribution is 7.89. The third kappa shape index (κ3) is 4.60. The molecule has 0 saturated heterocycles. The number of aryl methyl sites for hydroxylation is 1. The first-order chi connectivity index (χ1) is 13.5. The number of hydrogen-bond acceptors (Lipinski definition) is 3. The van der Waals surface area contributed by atoms with Crippen molar-refractivity contribution in [3.8, 4) is 0 Å². The summed E-state index contributed by atoms with van der Waals surface area (Å²) in [5, 5.41) is -0.254. The first kappa shape index (κ1) is 21.3. The van der Waals surface area contributed by atoms with E-state index in [2.05, 4.69) is 9.71 Å². The summed E-state index contributed by atoms with van der Waals surface area (Å²) >= 11 is 5.63. The van der Waals surface area contributed by atoms with Crippen LogP contribution in [0.25, 0.3) is 0 Å². The molecule has 0 bridgehead atoms. The molecule has 0 fully saturated rings. The van der Waals surface area contributed by atoms with Crippen molar-refractivity contribution in [3.63, 3.8) is 0 Å². The lowest BCUT2D eigenvalue weighted by Gasteiger charge is -2.21. The van der Waals surface area contributed by atoms with Crippen LogP contribution in [-0.4, -0.2) is 18.0 Å². The maximum Gasteiger partial charge on any atom is 0.417 e. The van der Waals surface area contributed by atoms with E-state index in [0.29, 0.717) is 11.6 Å². The summed E-state index contributed by atoms with van der Waals surface area (Å²) in [4.78, 5) is 3.10. The minimum Gasteiger partial charge on any atom is -0.336 e. The zero-order chi connectivity index (χ0) is 21.4. The van der Waals surface area contributed by atoms with Crippen molar-refractivity contribution in [1.82, 2.24) is 14.3 Å². The molecule has 154 valence electrons. The Morgan fingerprint density at radius 1 is 1.14 bits per heavy atom. The summed E-state index contributed by atoms with van der Waals surface area (Å²) in [6.45, 7) is 0. The molecule has 3 rings (SSSR count). The van der Waals surface area contributed by atoms with Gasteiger partial charge in [0.05, 0.1) is 10.5 Å². The highest BCUT2D eigenvalue weighted by Gasteiger charge is 2.38. The Kier molecular flexibility index (Phi) is 5.70. The zero-order valence-corrected chi connectivity index (χ0v) is 16.4. The molecule has 29 heavy (non-hydrogen) atoms. The van der Waals surface area contributed by atoms with Gasteiger partial charge < -0.3 is 4.57 Å². The molecule has 5 nitrogen and oxygen atoms in total. The van der Waals surface area contributed by atoms with Gasteiger partial charge in [0, 0.05) is 24.5 Å². The predicted molar refractivity (Wildman–Crippen MR) is 98.2 cm³/mol. The minimum atomic E-state index is -4.94. The summed E-state index contributed by atoms with van der Waals surface area (Å²) in [7, 11) is -3.07. The number of sulfonamides is 1. The van der Waals surface area contributed by atoms with Crippen molar-refractivity contribution in [2.24, 2.45) is 7.05 Å². The van der Waals surface area contributed by atoms with Crippen molar-refractivity contribution >= 4 is 21.6 Å². The second-order valence-electron chi connectivity index (χ2n) is 6.14. The van der Waals surface area contributed by atoms with E-state index in [4.69, 9.17) is 11.6 Å². The molecular formula is C18H14ClF4N3O2S. The molecule has 11 heteroatoms. The van der Waals surface area contributed by atoms with Crippen LogP contribution in [0.4, 0.5) is 17.6 Å².